The molecule has 1 aromatic rings. The van der Waals surface area contributed by atoms with E-state index in [2.05, 4.69) is 33.9 Å². The molecule has 1 aromatic carbocycles. The predicted molar refractivity (Wildman–Crippen MR) is 91.4 cm³/mol. The molecule has 0 saturated carbocycles. The summed E-state index contributed by atoms with van der Waals surface area (Å²) in [5.74, 6) is -0.333. The van der Waals surface area contributed by atoms with Crippen LogP contribution in [0.1, 0.15) is 40.2 Å². The van der Waals surface area contributed by atoms with Gasteiger partial charge in [-0.05, 0) is 41.9 Å². The number of carbonyl (C=O) groups excluding carboxylic acids is 1. The van der Waals surface area contributed by atoms with E-state index in [9.17, 15) is 9.90 Å². The maximum Gasteiger partial charge on any atom is 0.250 e. The lowest BCUT2D eigenvalue weighted by atomic mass is 9.84. The number of hydrogen-bond donors (Lipinski definition) is 0. The van der Waals surface area contributed by atoms with E-state index in [1.54, 1.807) is 6.08 Å². The number of carboxylic acids is 1. The van der Waals surface area contributed by atoms with E-state index in [1.165, 1.54) is 0 Å². The zero-order chi connectivity index (χ0) is 17.2. The molecule has 3 nitrogen and oxygen atoms in total. The molecular formula is C18H27O3Si-. The van der Waals surface area contributed by atoms with Crippen LogP contribution in [0, 0.1) is 0 Å². The van der Waals surface area contributed by atoms with Gasteiger partial charge >= 0.3 is 0 Å². The second-order valence-electron chi connectivity index (χ2n) is 7.76. The molecule has 0 atom stereocenters. The molecule has 0 aliphatic carbocycles. The summed E-state index contributed by atoms with van der Waals surface area (Å²) in [5, 5.41) is 10.8. The summed E-state index contributed by atoms with van der Waals surface area (Å²) in [4.78, 5) is 10.6. The lowest BCUT2D eigenvalue weighted by Gasteiger charge is -2.36. The third-order valence-corrected chi connectivity index (χ3v) is 8.75. The first kappa shape index (κ1) is 18.5. The van der Waals surface area contributed by atoms with E-state index in [0.717, 1.165) is 17.4 Å². The zero-order valence-electron chi connectivity index (χ0n) is 14.7. The molecule has 4 heteroatoms. The zero-order valence-corrected chi connectivity index (χ0v) is 15.7. The first-order chi connectivity index (χ1) is 9.85. The first-order valence-corrected chi connectivity index (χ1v) is 10.5. The summed E-state index contributed by atoms with van der Waals surface area (Å²) < 4.78 is 6.31. The first-order valence-electron chi connectivity index (χ1n) is 7.55. The molecule has 0 aromatic heterocycles. The van der Waals surface area contributed by atoms with Crippen LogP contribution >= 0.6 is 0 Å². The number of aliphatic carboxylic acids is 1. The SMILES string of the molecule is CC(C)(/C=C/C(=O)[O-])c1cccc(O[Si](C)(C)C(C)(C)C)c1. The molecule has 0 amide bonds. The topological polar surface area (TPSA) is 49.4 Å². The smallest absolute Gasteiger partial charge is 0.250 e. The molecule has 0 radical (unpaired) electrons. The molecule has 0 spiro atoms. The van der Waals surface area contributed by atoms with Gasteiger partial charge in [-0.15, -0.1) is 0 Å². The van der Waals surface area contributed by atoms with Gasteiger partial charge in [0, 0.05) is 5.41 Å². The highest BCUT2D eigenvalue weighted by Crippen LogP contribution is 2.38. The Balaban J connectivity index is 3.07. The van der Waals surface area contributed by atoms with Gasteiger partial charge < -0.3 is 14.3 Å². The van der Waals surface area contributed by atoms with Gasteiger partial charge in [0.15, 0.2) is 0 Å². The van der Waals surface area contributed by atoms with Crippen molar-refractivity contribution < 1.29 is 14.3 Å². The normalized spacial score (nSPS) is 13.4. The molecule has 0 N–H and O–H groups in total. The highest BCUT2D eigenvalue weighted by atomic mass is 28.4. The van der Waals surface area contributed by atoms with Gasteiger partial charge in [-0.2, -0.15) is 0 Å². The monoisotopic (exact) mass is 319 g/mol. The van der Waals surface area contributed by atoms with E-state index < -0.39 is 19.7 Å². The Bertz CT molecular complexity index is 566. The van der Waals surface area contributed by atoms with Crippen molar-refractivity contribution in [1.29, 1.82) is 0 Å². The molecule has 0 aliphatic heterocycles. The van der Waals surface area contributed by atoms with Gasteiger partial charge in [0.2, 0.25) is 8.32 Å². The van der Waals surface area contributed by atoms with Gasteiger partial charge in [-0.3, -0.25) is 0 Å². The van der Waals surface area contributed by atoms with Crippen LogP contribution in [0.2, 0.25) is 18.1 Å². The Morgan fingerprint density at radius 1 is 1.18 bits per heavy atom. The van der Waals surface area contributed by atoms with Crippen molar-refractivity contribution in [2.75, 3.05) is 0 Å². The quantitative estimate of drug-likeness (QED) is 0.615. The second-order valence-corrected chi connectivity index (χ2v) is 12.5. The van der Waals surface area contributed by atoms with Crippen LogP contribution in [0.15, 0.2) is 36.4 Å². The van der Waals surface area contributed by atoms with Gasteiger partial charge in [0.05, 0.1) is 5.97 Å². The molecule has 0 saturated heterocycles. The van der Waals surface area contributed by atoms with Crippen molar-refractivity contribution >= 4 is 14.3 Å². The molecule has 0 heterocycles. The number of carbonyl (C=O) groups is 1. The molecule has 122 valence electrons. The number of benzene rings is 1. The fraction of sp³-hybridized carbons (Fsp3) is 0.500. The minimum absolute atomic E-state index is 0.132. The Morgan fingerprint density at radius 3 is 2.27 bits per heavy atom. The van der Waals surface area contributed by atoms with E-state index in [4.69, 9.17) is 4.43 Å². The molecular weight excluding hydrogens is 292 g/mol. The summed E-state index contributed by atoms with van der Waals surface area (Å²) in [6, 6.07) is 7.90. The maximum atomic E-state index is 10.6. The molecule has 0 unspecified atom stereocenters. The third kappa shape index (κ3) is 4.73. The van der Waals surface area contributed by atoms with Crippen molar-refractivity contribution in [3.05, 3.63) is 42.0 Å². The Hall–Kier alpha value is -1.55. The summed E-state index contributed by atoms with van der Waals surface area (Å²) in [5.41, 5.74) is 0.619. The van der Waals surface area contributed by atoms with Crippen molar-refractivity contribution in [2.45, 2.75) is 58.2 Å². The Kier molecular flexibility index (Phi) is 5.28. The van der Waals surface area contributed by atoms with Crippen LogP contribution in [-0.4, -0.2) is 14.3 Å². The molecule has 0 bridgehead atoms. The summed E-state index contributed by atoms with van der Waals surface area (Å²) in [6.07, 6.45) is 2.73. The average Bonchev–Trinajstić information content (AvgIpc) is 2.35. The Morgan fingerprint density at radius 2 is 1.77 bits per heavy atom. The lowest BCUT2D eigenvalue weighted by molar-refractivity contribution is -0.297. The largest absolute Gasteiger partial charge is 0.545 e. The molecule has 0 aliphatic rings. The van der Waals surface area contributed by atoms with Crippen molar-refractivity contribution in [1.82, 2.24) is 0 Å². The van der Waals surface area contributed by atoms with Crippen LogP contribution < -0.4 is 9.53 Å². The summed E-state index contributed by atoms with van der Waals surface area (Å²) >= 11 is 0. The van der Waals surface area contributed by atoms with Crippen LogP contribution in [-0.2, 0) is 10.2 Å². The fourth-order valence-electron chi connectivity index (χ4n) is 1.78. The average molecular weight is 319 g/mol. The van der Waals surface area contributed by atoms with Crippen LogP contribution in [0.5, 0.6) is 5.75 Å². The Labute approximate surface area is 135 Å². The molecule has 22 heavy (non-hydrogen) atoms. The molecule has 1 rings (SSSR count). The maximum absolute atomic E-state index is 10.6. The summed E-state index contributed by atoms with van der Waals surface area (Å²) in [7, 11) is -1.89. The minimum Gasteiger partial charge on any atom is -0.545 e. The standard InChI is InChI=1S/C18H28O3Si/c1-17(2,3)22(6,7)21-15-10-8-9-14(13-15)18(4,5)12-11-16(19)20/h8-13H,1-7H3,(H,19,20)/p-1/b12-11+. The number of allylic oxidation sites excluding steroid dienone is 1. The fourth-order valence-corrected chi connectivity index (χ4v) is 2.80. The van der Waals surface area contributed by atoms with Crippen molar-refractivity contribution in [3.63, 3.8) is 0 Å². The van der Waals surface area contributed by atoms with Gasteiger partial charge in [0.25, 0.3) is 0 Å². The number of carboxylic acid groups (broad SMARTS) is 1. The van der Waals surface area contributed by atoms with Gasteiger partial charge in [-0.25, -0.2) is 0 Å². The van der Waals surface area contributed by atoms with Crippen LogP contribution in [0.3, 0.4) is 0 Å². The highest BCUT2D eigenvalue weighted by molar-refractivity contribution is 6.74. The van der Waals surface area contributed by atoms with Crippen LogP contribution in [0.25, 0.3) is 0 Å². The number of rotatable bonds is 5. The third-order valence-electron chi connectivity index (χ3n) is 4.39. The van der Waals surface area contributed by atoms with E-state index >= 15 is 0 Å². The van der Waals surface area contributed by atoms with E-state index in [0.29, 0.717) is 0 Å². The van der Waals surface area contributed by atoms with Gasteiger partial charge in [0.1, 0.15) is 5.75 Å². The van der Waals surface area contributed by atoms with E-state index in [-0.39, 0.29) is 5.04 Å². The van der Waals surface area contributed by atoms with E-state index in [1.807, 2.05) is 38.1 Å². The summed E-state index contributed by atoms with van der Waals surface area (Å²) in [6.45, 7) is 15.0. The predicted octanol–water partition coefficient (Wildman–Crippen LogP) is 3.65. The van der Waals surface area contributed by atoms with Crippen molar-refractivity contribution in [2.24, 2.45) is 0 Å². The lowest BCUT2D eigenvalue weighted by Crippen LogP contribution is -2.43. The molecule has 0 fully saturated rings. The van der Waals surface area contributed by atoms with Crippen molar-refractivity contribution in [3.8, 4) is 5.75 Å². The number of hydrogen-bond acceptors (Lipinski definition) is 3. The van der Waals surface area contributed by atoms with Crippen LogP contribution in [0.4, 0.5) is 0 Å². The highest BCUT2D eigenvalue weighted by Gasteiger charge is 2.39. The van der Waals surface area contributed by atoms with Gasteiger partial charge in [-0.1, -0.05) is 52.8 Å². The minimum atomic E-state index is -1.89. The second kappa shape index (κ2) is 6.29.